The lowest BCUT2D eigenvalue weighted by molar-refractivity contribution is -0.141. The molecular formula is C16H20FNO3. The molecule has 0 aromatic heterocycles. The Morgan fingerprint density at radius 2 is 1.86 bits per heavy atom. The zero-order chi connectivity index (χ0) is 15.6. The van der Waals surface area contributed by atoms with Gasteiger partial charge in [0.05, 0.1) is 11.3 Å². The van der Waals surface area contributed by atoms with Crippen LogP contribution in [0.25, 0.3) is 0 Å². The second-order valence-electron chi connectivity index (χ2n) is 6.15. The van der Waals surface area contributed by atoms with E-state index in [0.717, 1.165) is 5.56 Å². The lowest BCUT2D eigenvalue weighted by Crippen LogP contribution is -2.44. The molecule has 4 nitrogen and oxygen atoms in total. The summed E-state index contributed by atoms with van der Waals surface area (Å²) in [6, 6.07) is 5.77. The molecule has 0 heterocycles. The Labute approximate surface area is 123 Å². The molecule has 1 aliphatic rings. The molecule has 0 spiro atoms. The van der Waals surface area contributed by atoms with Crippen molar-refractivity contribution in [3.05, 3.63) is 35.6 Å². The summed E-state index contributed by atoms with van der Waals surface area (Å²) >= 11 is 0. The fourth-order valence-electron chi connectivity index (χ4n) is 2.70. The summed E-state index contributed by atoms with van der Waals surface area (Å²) in [7, 11) is 0. The summed E-state index contributed by atoms with van der Waals surface area (Å²) in [5.41, 5.74) is -0.0520. The molecule has 1 amide bonds. The predicted molar refractivity (Wildman–Crippen MR) is 76.3 cm³/mol. The number of aliphatic carboxylic acids is 1. The summed E-state index contributed by atoms with van der Waals surface area (Å²) in [5, 5.41) is 11.9. The van der Waals surface area contributed by atoms with Gasteiger partial charge in [-0.3, -0.25) is 9.59 Å². The summed E-state index contributed by atoms with van der Waals surface area (Å²) in [6.45, 7) is 3.55. The van der Waals surface area contributed by atoms with E-state index in [1.807, 2.05) is 0 Å². The first-order chi connectivity index (χ1) is 9.80. The van der Waals surface area contributed by atoms with E-state index < -0.39 is 11.4 Å². The van der Waals surface area contributed by atoms with Gasteiger partial charge >= 0.3 is 5.97 Å². The van der Waals surface area contributed by atoms with Crippen LogP contribution >= 0.6 is 0 Å². The normalized spacial score (nSPS) is 22.0. The van der Waals surface area contributed by atoms with Crippen LogP contribution in [-0.4, -0.2) is 23.0 Å². The molecule has 5 heteroatoms. The average Bonchev–Trinajstić information content (AvgIpc) is 2.88. The van der Waals surface area contributed by atoms with Crippen molar-refractivity contribution in [2.75, 3.05) is 0 Å². The molecule has 114 valence electrons. The monoisotopic (exact) mass is 293 g/mol. The molecule has 21 heavy (non-hydrogen) atoms. The van der Waals surface area contributed by atoms with Gasteiger partial charge in [-0.1, -0.05) is 12.1 Å². The highest BCUT2D eigenvalue weighted by Gasteiger charge is 2.35. The minimum Gasteiger partial charge on any atom is -0.481 e. The van der Waals surface area contributed by atoms with Crippen LogP contribution in [0, 0.1) is 11.7 Å². The fourth-order valence-corrected chi connectivity index (χ4v) is 2.70. The number of carboxylic acid groups (broad SMARTS) is 1. The second-order valence-corrected chi connectivity index (χ2v) is 6.15. The number of halogens is 1. The molecule has 0 saturated heterocycles. The number of hydrogen-bond donors (Lipinski definition) is 2. The van der Waals surface area contributed by atoms with Crippen LogP contribution in [0.5, 0.6) is 0 Å². The predicted octanol–water partition coefficient (Wildman–Crippen LogP) is 2.47. The number of amides is 1. The van der Waals surface area contributed by atoms with Crippen LogP contribution in [0.2, 0.25) is 0 Å². The molecule has 0 radical (unpaired) electrons. The molecule has 0 bridgehead atoms. The van der Waals surface area contributed by atoms with E-state index in [-0.39, 0.29) is 23.7 Å². The van der Waals surface area contributed by atoms with Gasteiger partial charge in [0.25, 0.3) is 0 Å². The second kappa shape index (κ2) is 5.84. The number of hydrogen-bond acceptors (Lipinski definition) is 2. The van der Waals surface area contributed by atoms with E-state index in [4.69, 9.17) is 5.11 Å². The maximum absolute atomic E-state index is 13.0. The maximum atomic E-state index is 13.0. The van der Waals surface area contributed by atoms with Gasteiger partial charge in [-0.05, 0) is 50.8 Å². The largest absolute Gasteiger partial charge is 0.481 e. The van der Waals surface area contributed by atoms with Crippen molar-refractivity contribution < 1.29 is 19.1 Å². The van der Waals surface area contributed by atoms with Crippen LogP contribution in [0.1, 0.15) is 38.7 Å². The fraction of sp³-hybridized carbons (Fsp3) is 0.500. The summed E-state index contributed by atoms with van der Waals surface area (Å²) in [5.74, 6) is -1.67. The first-order valence-electron chi connectivity index (χ1n) is 7.10. The van der Waals surface area contributed by atoms with Gasteiger partial charge in [-0.25, -0.2) is 4.39 Å². The highest BCUT2D eigenvalue weighted by molar-refractivity contribution is 5.87. The Hall–Kier alpha value is -1.91. The number of carbonyl (C=O) groups is 2. The molecule has 1 aromatic carbocycles. The van der Waals surface area contributed by atoms with Gasteiger partial charge in [0.15, 0.2) is 0 Å². The smallest absolute Gasteiger partial charge is 0.306 e. The van der Waals surface area contributed by atoms with Crippen LogP contribution in [0.4, 0.5) is 4.39 Å². The third kappa shape index (κ3) is 3.40. The molecule has 1 fully saturated rings. The van der Waals surface area contributed by atoms with E-state index in [1.165, 1.54) is 12.1 Å². The highest BCUT2D eigenvalue weighted by Crippen LogP contribution is 2.28. The van der Waals surface area contributed by atoms with Gasteiger partial charge in [0, 0.05) is 6.04 Å². The first kappa shape index (κ1) is 15.5. The number of carbonyl (C=O) groups excluding carboxylic acids is 1. The van der Waals surface area contributed by atoms with Crippen molar-refractivity contribution in [1.29, 1.82) is 0 Å². The van der Waals surface area contributed by atoms with Crippen LogP contribution < -0.4 is 5.32 Å². The molecular weight excluding hydrogens is 273 g/mol. The van der Waals surface area contributed by atoms with E-state index in [0.29, 0.717) is 19.3 Å². The Morgan fingerprint density at radius 3 is 2.38 bits per heavy atom. The van der Waals surface area contributed by atoms with Gasteiger partial charge in [-0.15, -0.1) is 0 Å². The summed E-state index contributed by atoms with van der Waals surface area (Å²) in [4.78, 5) is 23.4. The number of rotatable bonds is 4. The van der Waals surface area contributed by atoms with E-state index in [1.54, 1.807) is 26.0 Å². The number of nitrogens with one attached hydrogen (secondary N) is 1. The Balaban J connectivity index is 2.02. The molecule has 1 saturated carbocycles. The van der Waals surface area contributed by atoms with Crippen molar-refractivity contribution in [2.24, 2.45) is 5.92 Å². The highest BCUT2D eigenvalue weighted by atomic mass is 19.1. The van der Waals surface area contributed by atoms with Crippen molar-refractivity contribution in [3.63, 3.8) is 0 Å². The standard InChI is InChI=1S/C16H20FNO3/c1-16(2,11-4-6-12(17)7-5-11)15(21)18-13-8-3-10(9-13)14(19)20/h4-7,10,13H,3,8-9H2,1-2H3,(H,18,21)(H,19,20)/t10-,13+/m1/s1. The lowest BCUT2D eigenvalue weighted by Gasteiger charge is -2.26. The minimum absolute atomic E-state index is 0.0988. The first-order valence-corrected chi connectivity index (χ1v) is 7.10. The molecule has 2 N–H and O–H groups in total. The Kier molecular flexibility index (Phi) is 4.30. The summed E-state index contributed by atoms with van der Waals surface area (Å²) < 4.78 is 13.0. The summed E-state index contributed by atoms with van der Waals surface area (Å²) in [6.07, 6.45) is 1.75. The van der Waals surface area contributed by atoms with E-state index >= 15 is 0 Å². The van der Waals surface area contributed by atoms with Crippen molar-refractivity contribution in [2.45, 2.75) is 44.6 Å². The van der Waals surface area contributed by atoms with Crippen molar-refractivity contribution in [3.8, 4) is 0 Å². The van der Waals surface area contributed by atoms with Crippen LogP contribution in [0.3, 0.4) is 0 Å². The third-order valence-corrected chi connectivity index (χ3v) is 4.25. The maximum Gasteiger partial charge on any atom is 0.306 e. The van der Waals surface area contributed by atoms with Crippen LogP contribution in [0.15, 0.2) is 24.3 Å². The Bertz CT molecular complexity index is 539. The van der Waals surface area contributed by atoms with Gasteiger partial charge < -0.3 is 10.4 Å². The molecule has 2 rings (SSSR count). The quantitative estimate of drug-likeness (QED) is 0.896. The topological polar surface area (TPSA) is 66.4 Å². The zero-order valence-corrected chi connectivity index (χ0v) is 12.2. The van der Waals surface area contributed by atoms with Gasteiger partial charge in [0.2, 0.25) is 5.91 Å². The SMILES string of the molecule is CC(C)(C(=O)N[C@H]1CC[C@@H](C(=O)O)C1)c1ccc(F)cc1. The molecule has 2 atom stereocenters. The molecule has 0 aliphatic heterocycles. The zero-order valence-electron chi connectivity index (χ0n) is 12.2. The van der Waals surface area contributed by atoms with Crippen molar-refractivity contribution in [1.82, 2.24) is 5.32 Å². The van der Waals surface area contributed by atoms with E-state index in [2.05, 4.69) is 5.32 Å². The minimum atomic E-state index is -0.801. The van der Waals surface area contributed by atoms with Gasteiger partial charge in [-0.2, -0.15) is 0 Å². The average molecular weight is 293 g/mol. The molecule has 1 aromatic rings. The molecule has 0 unspecified atom stereocenters. The van der Waals surface area contributed by atoms with Crippen LogP contribution in [-0.2, 0) is 15.0 Å². The number of benzene rings is 1. The van der Waals surface area contributed by atoms with Crippen molar-refractivity contribution >= 4 is 11.9 Å². The molecule has 1 aliphatic carbocycles. The third-order valence-electron chi connectivity index (χ3n) is 4.25. The van der Waals surface area contributed by atoms with Gasteiger partial charge in [0.1, 0.15) is 5.82 Å². The lowest BCUT2D eigenvalue weighted by atomic mass is 9.83. The number of carboxylic acids is 1. The Morgan fingerprint density at radius 1 is 1.24 bits per heavy atom. The van der Waals surface area contributed by atoms with E-state index in [9.17, 15) is 14.0 Å².